The van der Waals surface area contributed by atoms with Crippen LogP contribution in [0.25, 0.3) is 10.9 Å². The molecule has 0 radical (unpaired) electrons. The van der Waals surface area contributed by atoms with E-state index in [1.165, 1.54) is 0 Å². The maximum absolute atomic E-state index is 9.11. The van der Waals surface area contributed by atoms with Crippen LogP contribution < -0.4 is 4.74 Å². The van der Waals surface area contributed by atoms with Crippen molar-refractivity contribution in [2.24, 2.45) is 0 Å². The third-order valence-electron chi connectivity index (χ3n) is 2.95. The van der Waals surface area contributed by atoms with Gasteiger partial charge in [-0.1, -0.05) is 35.3 Å². The molecule has 0 N–H and O–H groups in total. The van der Waals surface area contributed by atoms with E-state index in [0.717, 1.165) is 0 Å². The summed E-state index contributed by atoms with van der Waals surface area (Å²) in [5.41, 5.74) is 1.09. The van der Waals surface area contributed by atoms with Crippen molar-refractivity contribution in [1.29, 1.82) is 5.26 Å². The van der Waals surface area contributed by atoms with Gasteiger partial charge in [-0.25, -0.2) is 0 Å². The van der Waals surface area contributed by atoms with Gasteiger partial charge in [-0.15, -0.1) is 0 Å². The molecule has 0 aliphatic rings. The summed E-state index contributed by atoms with van der Waals surface area (Å²) in [5, 5.41) is 10.7. The summed E-state index contributed by atoms with van der Waals surface area (Å²) >= 11 is 12.2. The van der Waals surface area contributed by atoms with E-state index in [2.05, 4.69) is 11.1 Å². The third kappa shape index (κ3) is 2.64. The van der Waals surface area contributed by atoms with Gasteiger partial charge >= 0.3 is 0 Å². The Labute approximate surface area is 131 Å². The number of ether oxygens (including phenoxy) is 1. The van der Waals surface area contributed by atoms with Gasteiger partial charge in [0.25, 0.3) is 0 Å². The first kappa shape index (κ1) is 13.7. The van der Waals surface area contributed by atoms with E-state index in [1.54, 1.807) is 48.7 Å². The summed E-state index contributed by atoms with van der Waals surface area (Å²) in [5.74, 6) is 1.00. The monoisotopic (exact) mass is 314 g/mol. The summed E-state index contributed by atoms with van der Waals surface area (Å²) in [7, 11) is 0. The van der Waals surface area contributed by atoms with Crippen LogP contribution in [0.2, 0.25) is 10.0 Å². The van der Waals surface area contributed by atoms with Gasteiger partial charge < -0.3 is 4.74 Å². The van der Waals surface area contributed by atoms with Crippen LogP contribution in [0, 0.1) is 11.3 Å². The van der Waals surface area contributed by atoms with Crippen LogP contribution in [-0.4, -0.2) is 4.98 Å². The third-order valence-corrected chi connectivity index (χ3v) is 3.46. The Morgan fingerprint density at radius 1 is 1.05 bits per heavy atom. The Kier molecular flexibility index (Phi) is 3.66. The molecule has 0 atom stereocenters. The number of rotatable bonds is 2. The van der Waals surface area contributed by atoms with Gasteiger partial charge in [-0.2, -0.15) is 5.26 Å². The Morgan fingerprint density at radius 2 is 1.86 bits per heavy atom. The number of hydrogen-bond donors (Lipinski definition) is 0. The predicted molar refractivity (Wildman–Crippen MR) is 83.0 cm³/mol. The van der Waals surface area contributed by atoms with Crippen molar-refractivity contribution in [1.82, 2.24) is 4.98 Å². The second-order valence-electron chi connectivity index (χ2n) is 4.30. The summed E-state index contributed by atoms with van der Waals surface area (Å²) in [6, 6.07) is 14.2. The van der Waals surface area contributed by atoms with E-state index >= 15 is 0 Å². The quantitative estimate of drug-likeness (QED) is 0.652. The van der Waals surface area contributed by atoms with Crippen molar-refractivity contribution in [3.63, 3.8) is 0 Å². The standard InChI is InChI=1S/C16H8Cl2N2O/c17-11-7-12(18)16-13(8-11)20-6-5-15(16)21-14-4-2-1-3-10(14)9-19/h1-8H. The minimum absolute atomic E-state index is 0.451. The highest BCUT2D eigenvalue weighted by molar-refractivity contribution is 6.39. The van der Waals surface area contributed by atoms with Crippen molar-refractivity contribution in [3.05, 3.63) is 64.3 Å². The lowest BCUT2D eigenvalue weighted by molar-refractivity contribution is 0.486. The molecule has 3 rings (SSSR count). The fourth-order valence-corrected chi connectivity index (χ4v) is 2.60. The predicted octanol–water partition coefficient (Wildman–Crippen LogP) is 5.21. The lowest BCUT2D eigenvalue weighted by Crippen LogP contribution is -1.91. The van der Waals surface area contributed by atoms with Gasteiger partial charge in [-0.3, -0.25) is 4.98 Å². The number of benzene rings is 2. The minimum Gasteiger partial charge on any atom is -0.455 e. The molecule has 1 aromatic heterocycles. The largest absolute Gasteiger partial charge is 0.455 e. The van der Waals surface area contributed by atoms with Crippen molar-refractivity contribution in [3.8, 4) is 17.6 Å². The number of nitriles is 1. The first-order valence-corrected chi connectivity index (χ1v) is 6.85. The first-order valence-electron chi connectivity index (χ1n) is 6.10. The second-order valence-corrected chi connectivity index (χ2v) is 5.14. The van der Waals surface area contributed by atoms with E-state index < -0.39 is 0 Å². The van der Waals surface area contributed by atoms with Gasteiger partial charge in [0.1, 0.15) is 17.6 Å². The summed E-state index contributed by atoms with van der Waals surface area (Å²) in [6.07, 6.45) is 1.61. The molecule has 0 bridgehead atoms. The molecule has 1 heterocycles. The molecule has 0 aliphatic carbocycles. The van der Waals surface area contributed by atoms with Crippen LogP contribution in [0.5, 0.6) is 11.5 Å². The topological polar surface area (TPSA) is 45.9 Å². The molecule has 2 aromatic carbocycles. The number of aromatic nitrogens is 1. The molecule has 0 saturated heterocycles. The lowest BCUT2D eigenvalue weighted by atomic mass is 10.2. The zero-order valence-electron chi connectivity index (χ0n) is 10.7. The molecule has 5 heteroatoms. The normalized spacial score (nSPS) is 10.3. The fourth-order valence-electron chi connectivity index (χ4n) is 2.03. The van der Waals surface area contributed by atoms with Gasteiger partial charge in [0.05, 0.1) is 21.5 Å². The Hall–Kier alpha value is -2.28. The van der Waals surface area contributed by atoms with Crippen LogP contribution >= 0.6 is 23.2 Å². The van der Waals surface area contributed by atoms with Crippen LogP contribution in [0.4, 0.5) is 0 Å². The van der Waals surface area contributed by atoms with Crippen LogP contribution in [0.1, 0.15) is 5.56 Å². The smallest absolute Gasteiger partial charge is 0.145 e. The molecule has 0 fully saturated rings. The van der Waals surface area contributed by atoms with Crippen LogP contribution in [-0.2, 0) is 0 Å². The van der Waals surface area contributed by atoms with Crippen molar-refractivity contribution in [2.75, 3.05) is 0 Å². The maximum Gasteiger partial charge on any atom is 0.145 e. The summed E-state index contributed by atoms with van der Waals surface area (Å²) in [4.78, 5) is 4.23. The molecule has 102 valence electrons. The molecule has 21 heavy (non-hydrogen) atoms. The molecule has 3 aromatic rings. The second kappa shape index (κ2) is 5.61. The van der Waals surface area contributed by atoms with Gasteiger partial charge in [0.15, 0.2) is 0 Å². The van der Waals surface area contributed by atoms with Gasteiger partial charge in [0.2, 0.25) is 0 Å². The minimum atomic E-state index is 0.451. The number of halogens is 2. The van der Waals surface area contributed by atoms with Gasteiger partial charge in [-0.05, 0) is 30.3 Å². The number of para-hydroxylation sites is 1. The zero-order chi connectivity index (χ0) is 14.8. The molecule has 0 spiro atoms. The fraction of sp³-hybridized carbons (Fsp3) is 0. The van der Waals surface area contributed by atoms with E-state index in [0.29, 0.717) is 38.0 Å². The highest BCUT2D eigenvalue weighted by atomic mass is 35.5. The van der Waals surface area contributed by atoms with E-state index in [4.69, 9.17) is 33.2 Å². The van der Waals surface area contributed by atoms with Gasteiger partial charge in [0, 0.05) is 11.2 Å². The van der Waals surface area contributed by atoms with Crippen molar-refractivity contribution < 1.29 is 4.74 Å². The average Bonchev–Trinajstić information content (AvgIpc) is 2.47. The molecular formula is C16H8Cl2N2O. The maximum atomic E-state index is 9.11. The lowest BCUT2D eigenvalue weighted by Gasteiger charge is -2.11. The Morgan fingerprint density at radius 3 is 2.67 bits per heavy atom. The number of fused-ring (bicyclic) bond motifs is 1. The van der Waals surface area contributed by atoms with Crippen molar-refractivity contribution >= 4 is 34.1 Å². The molecule has 3 nitrogen and oxygen atoms in total. The molecule has 0 unspecified atom stereocenters. The number of hydrogen-bond acceptors (Lipinski definition) is 3. The summed E-state index contributed by atoms with van der Waals surface area (Å²) < 4.78 is 5.84. The number of nitrogens with zero attached hydrogens (tertiary/aromatic N) is 2. The Bertz CT molecular complexity index is 872. The number of pyridine rings is 1. The molecule has 0 aliphatic heterocycles. The summed E-state index contributed by atoms with van der Waals surface area (Å²) in [6.45, 7) is 0. The first-order chi connectivity index (χ1) is 10.2. The zero-order valence-corrected chi connectivity index (χ0v) is 12.2. The van der Waals surface area contributed by atoms with E-state index in [1.807, 2.05) is 0 Å². The molecular weight excluding hydrogens is 307 g/mol. The Balaban J connectivity index is 2.16. The van der Waals surface area contributed by atoms with Crippen molar-refractivity contribution in [2.45, 2.75) is 0 Å². The van der Waals surface area contributed by atoms with E-state index in [9.17, 15) is 0 Å². The van der Waals surface area contributed by atoms with Crippen LogP contribution in [0.3, 0.4) is 0 Å². The highest BCUT2D eigenvalue weighted by Crippen LogP contribution is 2.36. The molecule has 0 amide bonds. The van der Waals surface area contributed by atoms with Crippen LogP contribution in [0.15, 0.2) is 48.7 Å². The molecule has 0 saturated carbocycles. The highest BCUT2D eigenvalue weighted by Gasteiger charge is 2.11. The SMILES string of the molecule is N#Cc1ccccc1Oc1ccnc2cc(Cl)cc(Cl)c12. The van der Waals surface area contributed by atoms with E-state index in [-0.39, 0.29) is 0 Å². The average molecular weight is 315 g/mol.